The maximum atomic E-state index is 13.0. The average molecular weight is 309 g/mol. The van der Waals surface area contributed by atoms with Gasteiger partial charge in [-0.25, -0.2) is 4.39 Å². The van der Waals surface area contributed by atoms with Crippen LogP contribution in [0.1, 0.15) is 10.4 Å². The molecule has 0 fully saturated rings. The summed E-state index contributed by atoms with van der Waals surface area (Å²) in [7, 11) is 0. The maximum absolute atomic E-state index is 13.0. The summed E-state index contributed by atoms with van der Waals surface area (Å²) in [6, 6.07) is 13.1. The molecule has 92 valence electrons. The molecule has 2 nitrogen and oxygen atoms in total. The topological polar surface area (TPSA) is 26.3 Å². The van der Waals surface area contributed by atoms with Gasteiger partial charge >= 0.3 is 0 Å². The number of hydrogen-bond acceptors (Lipinski definition) is 2. The van der Waals surface area contributed by atoms with E-state index in [0.717, 1.165) is 0 Å². The van der Waals surface area contributed by atoms with Crippen LogP contribution in [0, 0.1) is 5.82 Å². The molecule has 0 amide bonds. The molecular weight excluding hydrogens is 299 g/mol. The molecule has 0 heterocycles. The van der Waals surface area contributed by atoms with Crippen LogP contribution in [-0.4, -0.2) is 12.4 Å². The summed E-state index contributed by atoms with van der Waals surface area (Å²) < 4.78 is 18.6. The number of rotatable bonds is 4. The molecule has 2 aromatic carbocycles. The minimum absolute atomic E-state index is 0.0674. The molecule has 4 heteroatoms. The van der Waals surface area contributed by atoms with E-state index in [1.165, 1.54) is 18.2 Å². The summed E-state index contributed by atoms with van der Waals surface area (Å²) in [5, 5.41) is 0. The molecule has 0 unspecified atom stereocenters. The van der Waals surface area contributed by atoms with Gasteiger partial charge in [0.2, 0.25) is 0 Å². The molecule has 0 aliphatic rings. The van der Waals surface area contributed by atoms with Gasteiger partial charge in [-0.3, -0.25) is 4.79 Å². The van der Waals surface area contributed by atoms with Crippen LogP contribution in [0.3, 0.4) is 0 Å². The number of Topliss-reactive ketones (excluding diaryl/α,β-unsaturated/α-hetero) is 1. The van der Waals surface area contributed by atoms with E-state index in [1.807, 2.05) is 6.07 Å². The SMILES string of the molecule is O=C(COc1ccc(F)c(Br)c1)c1ccccc1. The molecule has 0 saturated heterocycles. The lowest BCUT2D eigenvalue weighted by molar-refractivity contribution is 0.0921. The van der Waals surface area contributed by atoms with Gasteiger partial charge in [-0.2, -0.15) is 0 Å². The highest BCUT2D eigenvalue weighted by molar-refractivity contribution is 9.10. The highest BCUT2D eigenvalue weighted by atomic mass is 79.9. The predicted octanol–water partition coefficient (Wildman–Crippen LogP) is 3.85. The molecule has 0 N–H and O–H groups in total. The lowest BCUT2D eigenvalue weighted by atomic mass is 10.1. The van der Waals surface area contributed by atoms with Crippen LogP contribution in [-0.2, 0) is 0 Å². The number of carbonyl (C=O) groups excluding carboxylic acids is 1. The van der Waals surface area contributed by atoms with E-state index in [0.29, 0.717) is 15.8 Å². The molecule has 0 aromatic heterocycles. The molecular formula is C14H10BrFO2. The monoisotopic (exact) mass is 308 g/mol. The highest BCUT2D eigenvalue weighted by Crippen LogP contribution is 2.21. The van der Waals surface area contributed by atoms with Gasteiger partial charge in [0.1, 0.15) is 11.6 Å². The maximum Gasteiger partial charge on any atom is 0.200 e. The number of hydrogen-bond donors (Lipinski definition) is 0. The highest BCUT2D eigenvalue weighted by Gasteiger charge is 2.07. The van der Waals surface area contributed by atoms with Crippen molar-refractivity contribution >= 4 is 21.7 Å². The first-order chi connectivity index (χ1) is 8.66. The van der Waals surface area contributed by atoms with E-state index in [1.54, 1.807) is 24.3 Å². The Kier molecular flexibility index (Phi) is 4.10. The van der Waals surface area contributed by atoms with Crippen LogP contribution in [0.4, 0.5) is 4.39 Å². The van der Waals surface area contributed by atoms with Gasteiger partial charge in [0.15, 0.2) is 12.4 Å². The molecule has 2 rings (SSSR count). The standard InChI is InChI=1S/C14H10BrFO2/c15-12-8-11(6-7-13(12)16)18-9-14(17)10-4-2-1-3-5-10/h1-8H,9H2. The van der Waals surface area contributed by atoms with Crippen molar-refractivity contribution in [2.75, 3.05) is 6.61 Å². The third-order valence-corrected chi connectivity index (χ3v) is 2.96. The van der Waals surface area contributed by atoms with Gasteiger partial charge in [0.25, 0.3) is 0 Å². The molecule has 0 bridgehead atoms. The first-order valence-electron chi connectivity index (χ1n) is 5.33. The van der Waals surface area contributed by atoms with Crippen molar-refractivity contribution in [3.63, 3.8) is 0 Å². The third kappa shape index (κ3) is 3.17. The van der Waals surface area contributed by atoms with Crippen molar-refractivity contribution in [2.45, 2.75) is 0 Å². The molecule has 2 aromatic rings. The summed E-state index contributed by atoms with van der Waals surface area (Å²) in [6.45, 7) is -0.0674. The Hall–Kier alpha value is -1.68. The van der Waals surface area contributed by atoms with Crippen LogP contribution in [0.25, 0.3) is 0 Å². The Bertz CT molecular complexity index is 555. The van der Waals surface area contributed by atoms with Crippen LogP contribution in [0.2, 0.25) is 0 Å². The van der Waals surface area contributed by atoms with E-state index in [9.17, 15) is 9.18 Å². The first-order valence-corrected chi connectivity index (χ1v) is 6.12. The molecule has 0 saturated carbocycles. The lowest BCUT2D eigenvalue weighted by Crippen LogP contribution is -2.11. The van der Waals surface area contributed by atoms with Crippen molar-refractivity contribution < 1.29 is 13.9 Å². The number of ether oxygens (including phenoxy) is 1. The van der Waals surface area contributed by atoms with Crippen LogP contribution >= 0.6 is 15.9 Å². The zero-order valence-corrected chi connectivity index (χ0v) is 11.0. The first kappa shape index (κ1) is 12.8. The Morgan fingerprint density at radius 1 is 1.17 bits per heavy atom. The van der Waals surface area contributed by atoms with Crippen molar-refractivity contribution in [1.82, 2.24) is 0 Å². The number of halogens is 2. The fraction of sp³-hybridized carbons (Fsp3) is 0.0714. The summed E-state index contributed by atoms with van der Waals surface area (Å²) in [5.74, 6) is -0.0275. The Labute approximate surface area is 113 Å². The van der Waals surface area contributed by atoms with E-state index < -0.39 is 0 Å². The van der Waals surface area contributed by atoms with E-state index in [4.69, 9.17) is 4.74 Å². The largest absolute Gasteiger partial charge is 0.485 e. The molecule has 0 aliphatic carbocycles. The fourth-order valence-corrected chi connectivity index (χ4v) is 1.78. The minimum Gasteiger partial charge on any atom is -0.485 e. The van der Waals surface area contributed by atoms with E-state index >= 15 is 0 Å². The smallest absolute Gasteiger partial charge is 0.200 e. The van der Waals surface area contributed by atoms with Crippen molar-refractivity contribution in [2.24, 2.45) is 0 Å². The van der Waals surface area contributed by atoms with Gasteiger partial charge in [-0.1, -0.05) is 30.3 Å². The van der Waals surface area contributed by atoms with Gasteiger partial charge < -0.3 is 4.74 Å². The van der Waals surface area contributed by atoms with Gasteiger partial charge in [-0.15, -0.1) is 0 Å². The second kappa shape index (κ2) is 5.78. The normalized spacial score (nSPS) is 10.1. The summed E-state index contributed by atoms with van der Waals surface area (Å²) >= 11 is 3.06. The quantitative estimate of drug-likeness (QED) is 0.802. The minimum atomic E-state index is -0.364. The molecule has 0 atom stereocenters. The Balaban J connectivity index is 1.99. The predicted molar refractivity (Wildman–Crippen MR) is 70.4 cm³/mol. The summed E-state index contributed by atoms with van der Waals surface area (Å²) in [5.41, 5.74) is 0.596. The molecule has 0 spiro atoms. The van der Waals surface area contributed by atoms with Crippen LogP contribution < -0.4 is 4.74 Å². The fourth-order valence-electron chi connectivity index (χ4n) is 1.42. The Morgan fingerprint density at radius 3 is 2.56 bits per heavy atom. The van der Waals surface area contributed by atoms with Crippen molar-refractivity contribution in [3.8, 4) is 5.75 Å². The summed E-state index contributed by atoms with van der Waals surface area (Å²) in [4.78, 5) is 11.8. The van der Waals surface area contributed by atoms with E-state index in [2.05, 4.69) is 15.9 Å². The van der Waals surface area contributed by atoms with Gasteiger partial charge in [-0.05, 0) is 34.1 Å². The number of ketones is 1. The van der Waals surface area contributed by atoms with E-state index in [-0.39, 0.29) is 18.2 Å². The average Bonchev–Trinajstić information content (AvgIpc) is 2.41. The van der Waals surface area contributed by atoms with Gasteiger partial charge in [0.05, 0.1) is 4.47 Å². The summed E-state index contributed by atoms with van der Waals surface area (Å²) in [6.07, 6.45) is 0. The number of carbonyl (C=O) groups is 1. The molecule has 0 radical (unpaired) electrons. The molecule has 18 heavy (non-hydrogen) atoms. The molecule has 0 aliphatic heterocycles. The lowest BCUT2D eigenvalue weighted by Gasteiger charge is -2.06. The zero-order valence-electron chi connectivity index (χ0n) is 9.40. The number of benzene rings is 2. The van der Waals surface area contributed by atoms with Crippen LogP contribution in [0.5, 0.6) is 5.75 Å². The zero-order chi connectivity index (χ0) is 13.0. The van der Waals surface area contributed by atoms with Crippen LogP contribution in [0.15, 0.2) is 53.0 Å². The van der Waals surface area contributed by atoms with Crippen molar-refractivity contribution in [3.05, 3.63) is 64.4 Å². The third-order valence-electron chi connectivity index (χ3n) is 2.36. The van der Waals surface area contributed by atoms with Gasteiger partial charge in [0, 0.05) is 5.56 Å². The Morgan fingerprint density at radius 2 is 1.89 bits per heavy atom. The second-order valence-electron chi connectivity index (χ2n) is 3.65. The van der Waals surface area contributed by atoms with Crippen molar-refractivity contribution in [1.29, 1.82) is 0 Å². The second-order valence-corrected chi connectivity index (χ2v) is 4.51.